The second kappa shape index (κ2) is 24.0. The lowest BCUT2D eigenvalue weighted by molar-refractivity contribution is 0.403. The predicted octanol–water partition coefficient (Wildman–Crippen LogP) is 14.0. The van der Waals surface area contributed by atoms with Crippen LogP contribution < -0.4 is 0 Å². The summed E-state index contributed by atoms with van der Waals surface area (Å²) in [5, 5.41) is 0. The molecule has 1 aromatic rings. The van der Waals surface area contributed by atoms with E-state index in [0.717, 1.165) is 29.6 Å². The molecule has 1 aromatic carbocycles. The molecule has 0 nitrogen and oxygen atoms in total. The van der Waals surface area contributed by atoms with Gasteiger partial charge in [0.1, 0.15) is 0 Å². The average Bonchev–Trinajstić information content (AvgIpc) is 2.92. The minimum Gasteiger partial charge on any atom is -0.0998 e. The van der Waals surface area contributed by atoms with Gasteiger partial charge < -0.3 is 0 Å². The second-order valence-electron chi connectivity index (χ2n) is 11.6. The fraction of sp³-hybridized carbons (Fsp3) is 0.512. The van der Waals surface area contributed by atoms with Gasteiger partial charge in [-0.3, -0.25) is 0 Å². The van der Waals surface area contributed by atoms with E-state index in [0.29, 0.717) is 5.41 Å². The largest absolute Gasteiger partial charge is 0.0998 e. The predicted molar refractivity (Wildman–Crippen MR) is 194 cm³/mol. The van der Waals surface area contributed by atoms with Crippen molar-refractivity contribution in [3.8, 4) is 0 Å². The Bertz CT molecular complexity index is 996. The van der Waals surface area contributed by atoms with Crippen LogP contribution in [-0.2, 0) is 11.8 Å². The third kappa shape index (κ3) is 19.2. The van der Waals surface area contributed by atoms with Gasteiger partial charge in [0.2, 0.25) is 0 Å². The van der Waals surface area contributed by atoms with E-state index >= 15 is 0 Å². The fourth-order valence-electron chi connectivity index (χ4n) is 4.17. The highest BCUT2D eigenvalue weighted by Crippen LogP contribution is 2.33. The molecule has 1 rings (SSSR count). The van der Waals surface area contributed by atoms with Gasteiger partial charge in [0.05, 0.1) is 0 Å². The van der Waals surface area contributed by atoms with E-state index in [1.165, 1.54) is 64.7 Å². The molecule has 0 amide bonds. The van der Waals surface area contributed by atoms with Gasteiger partial charge in [-0.05, 0) is 114 Å². The lowest BCUT2D eigenvalue weighted by Gasteiger charge is -2.29. The number of hydrogen-bond donors (Lipinski definition) is 0. The zero-order valence-electron chi connectivity index (χ0n) is 30.0. The molecule has 0 heterocycles. The van der Waals surface area contributed by atoms with E-state index in [-0.39, 0.29) is 0 Å². The van der Waals surface area contributed by atoms with E-state index in [1.807, 2.05) is 47.6 Å². The molecule has 0 aliphatic rings. The van der Waals surface area contributed by atoms with Crippen LogP contribution in [-0.4, -0.2) is 0 Å². The first-order chi connectivity index (χ1) is 19.1. The quantitative estimate of drug-likeness (QED) is 0.176. The zero-order chi connectivity index (χ0) is 32.8. The number of benzene rings is 1. The summed E-state index contributed by atoms with van der Waals surface area (Å²) in [7, 11) is 0. The zero-order valence-corrected chi connectivity index (χ0v) is 30.0. The van der Waals surface area contributed by atoms with Crippen molar-refractivity contribution in [2.75, 3.05) is 0 Å². The highest BCUT2D eigenvalue weighted by atomic mass is 14.3. The molecule has 0 N–H and O–H groups in total. The van der Waals surface area contributed by atoms with Crippen LogP contribution in [0.1, 0.15) is 140 Å². The molecule has 0 radical (unpaired) electrons. The molecule has 0 aromatic heterocycles. The fourth-order valence-corrected chi connectivity index (χ4v) is 4.17. The molecular weight excluding hydrogens is 492 g/mol. The Kier molecular flexibility index (Phi) is 25.1. The Morgan fingerprint density at radius 2 is 1.27 bits per heavy atom. The summed E-state index contributed by atoms with van der Waals surface area (Å²) in [6.45, 7) is 45.2. The normalized spacial score (nSPS) is 11.5. The molecule has 0 fully saturated rings. The van der Waals surface area contributed by atoms with Crippen LogP contribution in [0.5, 0.6) is 0 Å². The summed E-state index contributed by atoms with van der Waals surface area (Å²) in [4.78, 5) is 0. The van der Waals surface area contributed by atoms with Gasteiger partial charge in [0.15, 0.2) is 0 Å². The lowest BCUT2D eigenvalue weighted by atomic mass is 9.76. The maximum atomic E-state index is 3.94. The molecular formula is C41H68. The Hall–Kier alpha value is -2.60. The summed E-state index contributed by atoms with van der Waals surface area (Å²) in [5.74, 6) is 0. The van der Waals surface area contributed by atoms with Gasteiger partial charge in [0, 0.05) is 0 Å². The summed E-state index contributed by atoms with van der Waals surface area (Å²) in [6, 6.07) is 9.24. The van der Waals surface area contributed by atoms with Gasteiger partial charge >= 0.3 is 0 Å². The first-order valence-corrected chi connectivity index (χ1v) is 15.8. The molecule has 0 saturated carbocycles. The van der Waals surface area contributed by atoms with E-state index in [4.69, 9.17) is 0 Å². The second-order valence-corrected chi connectivity index (χ2v) is 11.6. The SMILES string of the molecule is C=C(C)C(=CC)C(=C)C.C=C(C)CC(/C=C(\C)C(=C)C)=C(C)C.CC.CCCCC(C)(CC)c1ccc(CC)cc1. The van der Waals surface area contributed by atoms with Crippen LogP contribution >= 0.6 is 0 Å². The summed E-state index contributed by atoms with van der Waals surface area (Å²) in [5.41, 5.74) is 13.0. The van der Waals surface area contributed by atoms with Crippen molar-refractivity contribution in [2.45, 2.75) is 141 Å². The third-order valence-corrected chi connectivity index (χ3v) is 7.33. The van der Waals surface area contributed by atoms with Crippen molar-refractivity contribution in [1.29, 1.82) is 0 Å². The van der Waals surface area contributed by atoms with E-state index in [2.05, 4.69) is 112 Å². The smallest absolute Gasteiger partial charge is 0.00731 e. The molecule has 1 unspecified atom stereocenters. The van der Waals surface area contributed by atoms with Crippen molar-refractivity contribution in [3.63, 3.8) is 0 Å². The van der Waals surface area contributed by atoms with E-state index in [9.17, 15) is 0 Å². The molecule has 0 heteroatoms. The number of aryl methyl sites for hydroxylation is 1. The minimum atomic E-state index is 0.377. The van der Waals surface area contributed by atoms with Crippen LogP contribution in [0.4, 0.5) is 0 Å². The van der Waals surface area contributed by atoms with Crippen LogP contribution in [0, 0.1) is 0 Å². The van der Waals surface area contributed by atoms with E-state index < -0.39 is 0 Å². The van der Waals surface area contributed by atoms with Gasteiger partial charge in [-0.25, -0.2) is 0 Å². The maximum absolute atomic E-state index is 3.94. The number of allylic oxidation sites excluding steroid dienone is 10. The number of rotatable bonds is 12. The average molecular weight is 561 g/mol. The minimum absolute atomic E-state index is 0.377. The summed E-state index contributed by atoms with van der Waals surface area (Å²) >= 11 is 0. The Labute approximate surface area is 258 Å². The van der Waals surface area contributed by atoms with Crippen LogP contribution in [0.15, 0.2) is 107 Å². The van der Waals surface area contributed by atoms with Gasteiger partial charge in [0.25, 0.3) is 0 Å². The molecule has 0 aliphatic heterocycles. The Morgan fingerprint density at radius 1 is 0.780 bits per heavy atom. The standard InChI is InChI=1S/C16H26.C14H22.C9H14.C2H6/c1-5-8-13-16(4,7-3)15-11-9-14(6-2)10-12-15;1-10(2)8-14(12(5)6)9-13(7)11(3)4;1-6-9(7(2)3)8(4)5;1-2/h9-12H,5-8,13H2,1-4H3;9H,1,3,8H2,2,4-7H3;6H,2,4H2,1,3,5H3;1-2H3/b;13-9+;;. The summed E-state index contributed by atoms with van der Waals surface area (Å²) in [6.07, 6.45) is 11.5. The van der Waals surface area contributed by atoms with E-state index in [1.54, 1.807) is 0 Å². The lowest BCUT2D eigenvalue weighted by Crippen LogP contribution is -2.20. The number of unbranched alkanes of at least 4 members (excludes halogenated alkanes) is 1. The Balaban J connectivity index is -0.000000531. The molecule has 0 saturated heterocycles. The molecule has 0 bridgehead atoms. The highest BCUT2D eigenvalue weighted by molar-refractivity contribution is 5.41. The monoisotopic (exact) mass is 561 g/mol. The maximum Gasteiger partial charge on any atom is -0.00731 e. The first kappa shape index (κ1) is 42.9. The van der Waals surface area contributed by atoms with Crippen LogP contribution in [0.25, 0.3) is 0 Å². The molecule has 1 atom stereocenters. The molecule has 0 spiro atoms. The van der Waals surface area contributed by atoms with Crippen LogP contribution in [0.2, 0.25) is 0 Å². The van der Waals surface area contributed by atoms with Crippen molar-refractivity contribution in [1.82, 2.24) is 0 Å². The van der Waals surface area contributed by atoms with Gasteiger partial charge in [-0.1, -0.05) is 145 Å². The highest BCUT2D eigenvalue weighted by Gasteiger charge is 2.23. The Morgan fingerprint density at radius 3 is 1.54 bits per heavy atom. The number of hydrogen-bond acceptors (Lipinski definition) is 0. The van der Waals surface area contributed by atoms with Crippen molar-refractivity contribution >= 4 is 0 Å². The van der Waals surface area contributed by atoms with Crippen molar-refractivity contribution in [3.05, 3.63) is 118 Å². The first-order valence-electron chi connectivity index (χ1n) is 15.8. The molecule has 41 heavy (non-hydrogen) atoms. The summed E-state index contributed by atoms with van der Waals surface area (Å²) < 4.78 is 0. The molecule has 0 aliphatic carbocycles. The van der Waals surface area contributed by atoms with Crippen molar-refractivity contribution < 1.29 is 0 Å². The van der Waals surface area contributed by atoms with Crippen LogP contribution in [0.3, 0.4) is 0 Å². The van der Waals surface area contributed by atoms with Crippen molar-refractivity contribution in [2.24, 2.45) is 0 Å². The molecule has 232 valence electrons. The van der Waals surface area contributed by atoms with Gasteiger partial charge in [-0.15, -0.1) is 0 Å². The van der Waals surface area contributed by atoms with Gasteiger partial charge in [-0.2, -0.15) is 0 Å². The topological polar surface area (TPSA) is 0 Å². The third-order valence-electron chi connectivity index (χ3n) is 7.33.